The quantitative estimate of drug-likeness (QED) is 0.759. The van der Waals surface area contributed by atoms with Crippen molar-refractivity contribution in [2.75, 3.05) is 5.75 Å². The minimum Gasteiger partial charge on any atom is -0.293 e. The van der Waals surface area contributed by atoms with Gasteiger partial charge in [0, 0.05) is 11.3 Å². The maximum absolute atomic E-state index is 12.9. The molecule has 1 atom stereocenters. The van der Waals surface area contributed by atoms with E-state index in [-0.39, 0.29) is 11.3 Å². The molecule has 0 saturated heterocycles. The van der Waals surface area contributed by atoms with Crippen molar-refractivity contribution in [3.05, 3.63) is 35.6 Å². The van der Waals surface area contributed by atoms with Crippen molar-refractivity contribution in [3.8, 4) is 0 Å². The number of halogens is 1. The van der Waals surface area contributed by atoms with Crippen LogP contribution >= 0.6 is 0 Å². The highest BCUT2D eigenvalue weighted by molar-refractivity contribution is 7.92. The molecule has 1 unspecified atom stereocenters. The van der Waals surface area contributed by atoms with Gasteiger partial charge in [-0.05, 0) is 19.1 Å². The summed E-state index contributed by atoms with van der Waals surface area (Å²) in [4.78, 5) is 11.8. The number of benzene rings is 1. The molecule has 0 N–H and O–H groups in total. The molecule has 0 spiro atoms. The molecule has 0 amide bonds. The second kappa shape index (κ2) is 4.74. The highest BCUT2D eigenvalue weighted by Gasteiger charge is 2.27. The highest BCUT2D eigenvalue weighted by atomic mass is 32.2. The molecule has 0 aromatic heterocycles. The molecule has 1 aromatic rings. The van der Waals surface area contributed by atoms with Crippen LogP contribution in [0.15, 0.2) is 24.3 Å². The lowest BCUT2D eigenvalue weighted by Crippen LogP contribution is -2.28. The summed E-state index contributed by atoms with van der Waals surface area (Å²) in [6, 6.07) is 5.04. The molecule has 0 bridgehead atoms. The Morgan fingerprint density at radius 1 is 1.44 bits per heavy atom. The number of Topliss-reactive ketones (excluding diaryl/α,β-unsaturated/α-hetero) is 1. The van der Waals surface area contributed by atoms with Crippen LogP contribution in [0.3, 0.4) is 0 Å². The van der Waals surface area contributed by atoms with Gasteiger partial charge in [0.2, 0.25) is 0 Å². The molecule has 0 aliphatic heterocycles. The van der Waals surface area contributed by atoms with Crippen molar-refractivity contribution >= 4 is 15.6 Å². The summed E-state index contributed by atoms with van der Waals surface area (Å²) in [6.45, 7) is 2.80. The maximum atomic E-state index is 12.9. The summed E-state index contributed by atoms with van der Waals surface area (Å²) in [5.74, 6) is -1.22. The van der Waals surface area contributed by atoms with E-state index in [1.54, 1.807) is 0 Å². The molecular formula is C11H13FO3S. The van der Waals surface area contributed by atoms with E-state index < -0.39 is 26.7 Å². The van der Waals surface area contributed by atoms with E-state index in [0.717, 1.165) is 6.07 Å². The molecule has 0 aliphatic rings. The predicted molar refractivity (Wildman–Crippen MR) is 59.7 cm³/mol. The minimum atomic E-state index is -3.43. The van der Waals surface area contributed by atoms with Gasteiger partial charge >= 0.3 is 0 Å². The van der Waals surface area contributed by atoms with E-state index >= 15 is 0 Å². The second-order valence-electron chi connectivity index (χ2n) is 3.47. The van der Waals surface area contributed by atoms with E-state index in [1.165, 1.54) is 32.0 Å². The Bertz CT molecular complexity index is 494. The molecule has 5 heteroatoms. The number of hydrogen-bond acceptors (Lipinski definition) is 3. The molecule has 0 radical (unpaired) electrons. The molecule has 0 heterocycles. The zero-order valence-electron chi connectivity index (χ0n) is 9.10. The second-order valence-corrected chi connectivity index (χ2v) is 6.08. The fraction of sp³-hybridized carbons (Fsp3) is 0.364. The highest BCUT2D eigenvalue weighted by Crippen LogP contribution is 2.12. The van der Waals surface area contributed by atoms with Gasteiger partial charge in [0.25, 0.3) is 0 Å². The molecule has 1 rings (SSSR count). The van der Waals surface area contributed by atoms with Gasteiger partial charge in [-0.2, -0.15) is 0 Å². The number of ketones is 1. The van der Waals surface area contributed by atoms with Gasteiger partial charge in [-0.15, -0.1) is 0 Å². The molecule has 0 saturated carbocycles. The summed E-state index contributed by atoms with van der Waals surface area (Å²) >= 11 is 0. The van der Waals surface area contributed by atoms with Crippen molar-refractivity contribution in [2.45, 2.75) is 19.1 Å². The first-order valence-corrected chi connectivity index (χ1v) is 6.61. The van der Waals surface area contributed by atoms with Gasteiger partial charge in [-0.3, -0.25) is 4.79 Å². The zero-order chi connectivity index (χ0) is 12.3. The first-order valence-electron chi connectivity index (χ1n) is 4.90. The Morgan fingerprint density at radius 3 is 2.56 bits per heavy atom. The number of carbonyl (C=O) groups excluding carboxylic acids is 1. The van der Waals surface area contributed by atoms with Crippen molar-refractivity contribution in [1.82, 2.24) is 0 Å². The standard InChI is InChI=1S/C11H13FO3S/c1-3-16(14,15)8(2)11(13)9-5-4-6-10(12)7-9/h4-8H,3H2,1-2H3. The van der Waals surface area contributed by atoms with Crippen LogP contribution in [0, 0.1) is 5.82 Å². The number of hydrogen-bond donors (Lipinski definition) is 0. The van der Waals surface area contributed by atoms with Gasteiger partial charge in [0.1, 0.15) is 11.1 Å². The number of carbonyl (C=O) groups is 1. The van der Waals surface area contributed by atoms with Crippen LogP contribution in [-0.2, 0) is 9.84 Å². The largest absolute Gasteiger partial charge is 0.293 e. The van der Waals surface area contributed by atoms with Gasteiger partial charge in [-0.25, -0.2) is 12.8 Å². The molecule has 0 fully saturated rings. The third kappa shape index (κ3) is 2.66. The fourth-order valence-electron chi connectivity index (χ4n) is 1.29. The van der Waals surface area contributed by atoms with Crippen LogP contribution in [0.1, 0.15) is 24.2 Å². The Balaban J connectivity index is 3.04. The van der Waals surface area contributed by atoms with Gasteiger partial charge in [0.15, 0.2) is 15.6 Å². The van der Waals surface area contributed by atoms with E-state index in [9.17, 15) is 17.6 Å². The summed E-state index contributed by atoms with van der Waals surface area (Å²) in [5.41, 5.74) is 0.0875. The van der Waals surface area contributed by atoms with Crippen molar-refractivity contribution in [1.29, 1.82) is 0 Å². The number of sulfone groups is 1. The van der Waals surface area contributed by atoms with Crippen molar-refractivity contribution < 1.29 is 17.6 Å². The van der Waals surface area contributed by atoms with Crippen molar-refractivity contribution in [3.63, 3.8) is 0 Å². The Labute approximate surface area is 94.2 Å². The van der Waals surface area contributed by atoms with Crippen molar-refractivity contribution in [2.24, 2.45) is 0 Å². The fourth-order valence-corrected chi connectivity index (χ4v) is 2.25. The predicted octanol–water partition coefficient (Wildman–Crippen LogP) is 1.83. The average molecular weight is 244 g/mol. The Kier molecular flexibility index (Phi) is 3.80. The maximum Gasteiger partial charge on any atom is 0.180 e. The third-order valence-corrected chi connectivity index (χ3v) is 4.52. The monoisotopic (exact) mass is 244 g/mol. The molecule has 1 aromatic carbocycles. The van der Waals surface area contributed by atoms with E-state index in [1.807, 2.05) is 0 Å². The minimum absolute atomic E-state index is 0.0875. The van der Waals surface area contributed by atoms with Crippen LogP contribution in [0.5, 0.6) is 0 Å². The van der Waals surface area contributed by atoms with Crippen LogP contribution in [0.2, 0.25) is 0 Å². The van der Waals surface area contributed by atoms with Crippen LogP contribution in [0.25, 0.3) is 0 Å². The average Bonchev–Trinajstić information content (AvgIpc) is 2.27. The first kappa shape index (κ1) is 12.8. The van der Waals surface area contributed by atoms with Gasteiger partial charge < -0.3 is 0 Å². The van der Waals surface area contributed by atoms with Gasteiger partial charge in [-0.1, -0.05) is 19.1 Å². The van der Waals surface area contributed by atoms with Crippen LogP contribution in [-0.4, -0.2) is 25.2 Å². The molecule has 88 valence electrons. The zero-order valence-corrected chi connectivity index (χ0v) is 9.92. The lowest BCUT2D eigenvalue weighted by molar-refractivity contribution is 0.0991. The normalized spacial score (nSPS) is 13.4. The van der Waals surface area contributed by atoms with E-state index in [2.05, 4.69) is 0 Å². The molecule has 3 nitrogen and oxygen atoms in total. The Morgan fingerprint density at radius 2 is 2.06 bits per heavy atom. The Hall–Kier alpha value is -1.23. The summed E-state index contributed by atoms with van der Waals surface area (Å²) in [5, 5.41) is -1.13. The topological polar surface area (TPSA) is 51.2 Å². The smallest absolute Gasteiger partial charge is 0.180 e. The molecule has 0 aliphatic carbocycles. The summed E-state index contributed by atoms with van der Waals surface area (Å²) in [6.07, 6.45) is 0. The lowest BCUT2D eigenvalue weighted by atomic mass is 10.1. The number of rotatable bonds is 4. The van der Waals surface area contributed by atoms with E-state index in [0.29, 0.717) is 0 Å². The molecule has 16 heavy (non-hydrogen) atoms. The van der Waals surface area contributed by atoms with Gasteiger partial charge in [0.05, 0.1) is 0 Å². The molecular weight excluding hydrogens is 231 g/mol. The van der Waals surface area contributed by atoms with E-state index in [4.69, 9.17) is 0 Å². The van der Waals surface area contributed by atoms with Crippen LogP contribution < -0.4 is 0 Å². The summed E-state index contributed by atoms with van der Waals surface area (Å²) in [7, 11) is -3.43. The first-order chi connectivity index (χ1) is 7.38. The lowest BCUT2D eigenvalue weighted by Gasteiger charge is -2.10. The van der Waals surface area contributed by atoms with Crippen LogP contribution in [0.4, 0.5) is 4.39 Å². The third-order valence-electron chi connectivity index (χ3n) is 2.42. The SMILES string of the molecule is CCS(=O)(=O)C(C)C(=O)c1cccc(F)c1. The summed E-state index contributed by atoms with van der Waals surface area (Å²) < 4.78 is 35.8.